The number of fused-ring (bicyclic) bond motifs is 1. The predicted molar refractivity (Wildman–Crippen MR) is 119 cm³/mol. The molecule has 4 rings (SSSR count). The number of rotatable bonds is 7. The van der Waals surface area contributed by atoms with Crippen LogP contribution >= 0.6 is 0 Å². The van der Waals surface area contributed by atoms with Crippen molar-refractivity contribution in [2.75, 3.05) is 13.7 Å². The van der Waals surface area contributed by atoms with Crippen molar-refractivity contribution >= 4 is 22.5 Å². The highest BCUT2D eigenvalue weighted by Gasteiger charge is 2.20. The Bertz CT molecular complexity index is 1210. The number of H-pyrrole nitrogens is 1. The van der Waals surface area contributed by atoms with Crippen LogP contribution in [-0.4, -0.2) is 29.5 Å². The zero-order chi connectivity index (χ0) is 21.8. The molecule has 4 aromatic rings. The first-order valence-corrected chi connectivity index (χ1v) is 9.79. The lowest BCUT2D eigenvalue weighted by molar-refractivity contribution is -0.384. The number of nitro benzene ring substituents is 1. The third kappa shape index (κ3) is 4.25. The van der Waals surface area contributed by atoms with Gasteiger partial charge in [-0.15, -0.1) is 0 Å². The van der Waals surface area contributed by atoms with Crippen LogP contribution in [0.25, 0.3) is 10.9 Å². The van der Waals surface area contributed by atoms with Crippen LogP contribution in [0.2, 0.25) is 0 Å². The van der Waals surface area contributed by atoms with Crippen molar-refractivity contribution in [2.24, 2.45) is 0 Å². The van der Waals surface area contributed by atoms with Crippen LogP contribution in [-0.2, 0) is 0 Å². The fourth-order valence-corrected chi connectivity index (χ4v) is 3.66. The summed E-state index contributed by atoms with van der Waals surface area (Å²) in [6, 6.07) is 21.4. The maximum atomic E-state index is 12.7. The third-order valence-corrected chi connectivity index (χ3v) is 5.32. The van der Waals surface area contributed by atoms with E-state index in [1.54, 1.807) is 7.11 Å². The number of benzene rings is 3. The topological polar surface area (TPSA) is 97.3 Å². The van der Waals surface area contributed by atoms with Crippen molar-refractivity contribution < 1.29 is 14.5 Å². The SMILES string of the molecule is COc1ccc(C(CNC(=O)c2ccc([N+](=O)[O-])cc2)c2c[nH]c3ccccc23)cc1. The first kappa shape index (κ1) is 20.2. The molecule has 1 aromatic heterocycles. The molecule has 1 unspecified atom stereocenters. The van der Waals surface area contributed by atoms with Gasteiger partial charge < -0.3 is 15.0 Å². The number of carbonyl (C=O) groups excluding carboxylic acids is 1. The third-order valence-electron chi connectivity index (χ3n) is 5.32. The zero-order valence-electron chi connectivity index (χ0n) is 16.9. The van der Waals surface area contributed by atoms with Crippen LogP contribution in [0.1, 0.15) is 27.4 Å². The average Bonchev–Trinajstić information content (AvgIpc) is 3.23. The lowest BCUT2D eigenvalue weighted by Gasteiger charge is -2.19. The second kappa shape index (κ2) is 8.71. The van der Waals surface area contributed by atoms with Gasteiger partial charge >= 0.3 is 0 Å². The molecular formula is C24H21N3O4. The van der Waals surface area contributed by atoms with Gasteiger partial charge in [0.25, 0.3) is 11.6 Å². The molecule has 156 valence electrons. The average molecular weight is 415 g/mol. The number of ether oxygens (including phenoxy) is 1. The summed E-state index contributed by atoms with van der Waals surface area (Å²) in [4.78, 5) is 26.3. The molecule has 0 saturated carbocycles. The summed E-state index contributed by atoms with van der Waals surface area (Å²) < 4.78 is 5.27. The summed E-state index contributed by atoms with van der Waals surface area (Å²) in [6.45, 7) is 0.365. The normalized spacial score (nSPS) is 11.8. The van der Waals surface area contributed by atoms with Crippen molar-refractivity contribution in [2.45, 2.75) is 5.92 Å². The van der Waals surface area contributed by atoms with E-state index < -0.39 is 4.92 Å². The van der Waals surface area contributed by atoms with Gasteiger partial charge in [-0.3, -0.25) is 14.9 Å². The highest BCUT2D eigenvalue weighted by Crippen LogP contribution is 2.31. The van der Waals surface area contributed by atoms with Crippen LogP contribution in [0.15, 0.2) is 79.0 Å². The smallest absolute Gasteiger partial charge is 0.269 e. The summed E-state index contributed by atoms with van der Waals surface area (Å²) in [7, 11) is 1.62. The number of hydrogen-bond donors (Lipinski definition) is 2. The minimum atomic E-state index is -0.488. The number of aromatic nitrogens is 1. The summed E-state index contributed by atoms with van der Waals surface area (Å²) in [5.41, 5.74) is 3.46. The summed E-state index contributed by atoms with van der Waals surface area (Å²) in [6.07, 6.45) is 1.97. The molecule has 0 saturated heterocycles. The molecule has 2 N–H and O–H groups in total. The summed E-state index contributed by atoms with van der Waals surface area (Å²) >= 11 is 0. The number of para-hydroxylation sites is 1. The van der Waals surface area contributed by atoms with Gasteiger partial charge in [0, 0.05) is 47.3 Å². The van der Waals surface area contributed by atoms with Gasteiger partial charge in [0.05, 0.1) is 12.0 Å². The molecule has 7 nitrogen and oxygen atoms in total. The monoisotopic (exact) mass is 415 g/mol. The number of non-ortho nitro benzene ring substituents is 1. The van der Waals surface area contributed by atoms with Crippen molar-refractivity contribution in [3.63, 3.8) is 0 Å². The highest BCUT2D eigenvalue weighted by atomic mass is 16.6. The quantitative estimate of drug-likeness (QED) is 0.339. The van der Waals surface area contributed by atoms with Gasteiger partial charge in [0.2, 0.25) is 0 Å². The van der Waals surface area contributed by atoms with Crippen molar-refractivity contribution in [1.82, 2.24) is 10.3 Å². The van der Waals surface area contributed by atoms with Crippen molar-refractivity contribution in [3.05, 3.63) is 106 Å². The summed E-state index contributed by atoms with van der Waals surface area (Å²) in [5, 5.41) is 14.9. The van der Waals surface area contributed by atoms with E-state index in [0.717, 1.165) is 27.8 Å². The van der Waals surface area contributed by atoms with E-state index in [1.165, 1.54) is 24.3 Å². The molecule has 1 atom stereocenters. The molecule has 7 heteroatoms. The largest absolute Gasteiger partial charge is 0.497 e. The van der Waals surface area contributed by atoms with E-state index in [1.807, 2.05) is 48.7 Å². The van der Waals surface area contributed by atoms with Crippen LogP contribution in [0.3, 0.4) is 0 Å². The number of nitro groups is 1. The first-order chi connectivity index (χ1) is 15.1. The van der Waals surface area contributed by atoms with E-state index in [9.17, 15) is 14.9 Å². The van der Waals surface area contributed by atoms with Crippen LogP contribution in [0, 0.1) is 10.1 Å². The molecule has 1 amide bonds. The second-order valence-corrected chi connectivity index (χ2v) is 7.13. The Morgan fingerprint density at radius 2 is 1.77 bits per heavy atom. The van der Waals surface area contributed by atoms with Gasteiger partial charge in [-0.1, -0.05) is 30.3 Å². The number of aromatic amines is 1. The molecule has 3 aromatic carbocycles. The lowest BCUT2D eigenvalue weighted by Crippen LogP contribution is -2.28. The highest BCUT2D eigenvalue weighted by molar-refractivity contribution is 5.94. The minimum Gasteiger partial charge on any atom is -0.497 e. The second-order valence-electron chi connectivity index (χ2n) is 7.13. The molecule has 0 aliphatic heterocycles. The Balaban J connectivity index is 1.61. The molecule has 0 aliphatic rings. The molecule has 1 heterocycles. The van der Waals surface area contributed by atoms with Gasteiger partial charge in [-0.2, -0.15) is 0 Å². The van der Waals surface area contributed by atoms with E-state index in [2.05, 4.69) is 16.4 Å². The summed E-state index contributed by atoms with van der Waals surface area (Å²) in [5.74, 6) is 0.383. The Labute approximate surface area is 178 Å². The molecule has 0 radical (unpaired) electrons. The predicted octanol–water partition coefficient (Wildman–Crippen LogP) is 4.65. The fourth-order valence-electron chi connectivity index (χ4n) is 3.66. The standard InChI is InChI=1S/C24H21N3O4/c1-31-19-12-8-16(9-13-19)21(22-15-25-23-5-3-2-4-20(22)23)14-26-24(28)17-6-10-18(11-7-17)27(29)30/h2-13,15,21,25H,14H2,1H3,(H,26,28). The number of nitrogens with zero attached hydrogens (tertiary/aromatic N) is 1. The number of hydrogen-bond acceptors (Lipinski definition) is 4. The molecule has 0 bridgehead atoms. The van der Waals surface area contributed by atoms with Crippen molar-refractivity contribution in [1.29, 1.82) is 0 Å². The van der Waals surface area contributed by atoms with Gasteiger partial charge in [-0.05, 0) is 41.5 Å². The molecular weight excluding hydrogens is 394 g/mol. The zero-order valence-corrected chi connectivity index (χ0v) is 16.9. The molecule has 0 fully saturated rings. The maximum absolute atomic E-state index is 12.7. The van der Waals surface area contributed by atoms with Crippen LogP contribution < -0.4 is 10.1 Å². The van der Waals surface area contributed by atoms with E-state index in [4.69, 9.17) is 4.74 Å². The van der Waals surface area contributed by atoms with E-state index in [0.29, 0.717) is 12.1 Å². The molecule has 0 spiro atoms. The Morgan fingerprint density at radius 3 is 2.45 bits per heavy atom. The maximum Gasteiger partial charge on any atom is 0.269 e. The van der Waals surface area contributed by atoms with Gasteiger partial charge in [0.1, 0.15) is 5.75 Å². The van der Waals surface area contributed by atoms with E-state index in [-0.39, 0.29) is 17.5 Å². The Hall–Kier alpha value is -4.13. The number of methoxy groups -OCH3 is 1. The lowest BCUT2D eigenvalue weighted by atomic mass is 9.90. The Morgan fingerprint density at radius 1 is 1.06 bits per heavy atom. The molecule has 0 aliphatic carbocycles. The van der Waals surface area contributed by atoms with E-state index >= 15 is 0 Å². The number of nitrogens with one attached hydrogen (secondary N) is 2. The first-order valence-electron chi connectivity index (χ1n) is 9.79. The molecule has 31 heavy (non-hydrogen) atoms. The van der Waals surface area contributed by atoms with Gasteiger partial charge in [-0.25, -0.2) is 0 Å². The van der Waals surface area contributed by atoms with Crippen molar-refractivity contribution in [3.8, 4) is 5.75 Å². The fraction of sp³-hybridized carbons (Fsp3) is 0.125. The number of amides is 1. The minimum absolute atomic E-state index is 0.0496. The van der Waals surface area contributed by atoms with Crippen LogP contribution in [0.5, 0.6) is 5.75 Å². The number of carbonyl (C=O) groups is 1. The van der Waals surface area contributed by atoms with Crippen LogP contribution in [0.4, 0.5) is 5.69 Å². The Kier molecular flexibility index (Phi) is 5.66. The van der Waals surface area contributed by atoms with Gasteiger partial charge in [0.15, 0.2) is 0 Å².